The van der Waals surface area contributed by atoms with Gasteiger partial charge in [0, 0.05) is 6.61 Å². The first kappa shape index (κ1) is 34.0. The van der Waals surface area contributed by atoms with Gasteiger partial charge in [0.05, 0.1) is 19.3 Å². The molecule has 0 bridgehead atoms. The van der Waals surface area contributed by atoms with E-state index in [1.807, 2.05) is 0 Å². The molecule has 3 fully saturated rings. The van der Waals surface area contributed by atoms with Gasteiger partial charge in [0.2, 0.25) is 0 Å². The number of rotatable bonds is 11. The number of phosphoric acid groups is 1. The van der Waals surface area contributed by atoms with Crippen molar-refractivity contribution in [2.45, 2.75) is 112 Å². The molecule has 3 heterocycles. The van der Waals surface area contributed by atoms with E-state index in [2.05, 4.69) is 4.52 Å². The molecule has 236 valence electrons. The first-order valence-corrected chi connectivity index (χ1v) is 14.2. The number of aliphatic hydroxyl groups is 8. The van der Waals surface area contributed by atoms with E-state index in [1.54, 1.807) is 6.92 Å². The average Bonchev–Trinajstić information content (AvgIpc) is 2.90. The van der Waals surface area contributed by atoms with Crippen LogP contribution in [0.15, 0.2) is 0 Å². The third-order valence-corrected chi connectivity index (χ3v) is 7.27. The maximum atomic E-state index is 11.4. The molecule has 0 aromatic rings. The Bertz CT molecular complexity index is 831. The summed E-state index contributed by atoms with van der Waals surface area (Å²) in [6, 6.07) is 0. The Hall–Kier alpha value is -0.450. The molecule has 0 aromatic carbocycles. The summed E-state index contributed by atoms with van der Waals surface area (Å²) in [4.78, 5) is 18.5. The van der Waals surface area contributed by atoms with E-state index in [4.69, 9.17) is 28.4 Å². The van der Waals surface area contributed by atoms with Gasteiger partial charge < -0.3 is 79.1 Å². The minimum Gasteiger partial charge on any atom is -0.394 e. The molecule has 0 aromatic heterocycles. The van der Waals surface area contributed by atoms with Gasteiger partial charge in [-0.3, -0.25) is 4.52 Å². The van der Waals surface area contributed by atoms with Gasteiger partial charge in [-0.25, -0.2) is 4.57 Å². The second-order valence-corrected chi connectivity index (χ2v) is 10.9. The third-order valence-electron chi connectivity index (χ3n) is 6.75. The van der Waals surface area contributed by atoms with Crippen molar-refractivity contribution in [3.63, 3.8) is 0 Å². The molecule has 0 radical (unpaired) electrons. The van der Waals surface area contributed by atoms with Gasteiger partial charge in [0.15, 0.2) is 18.9 Å². The first-order valence-electron chi connectivity index (χ1n) is 12.7. The molecule has 0 unspecified atom stereocenters. The van der Waals surface area contributed by atoms with E-state index in [9.17, 15) is 55.2 Å². The Morgan fingerprint density at radius 1 is 0.675 bits per heavy atom. The molecular formula is C21H39O18P. The average molecular weight is 610 g/mol. The highest BCUT2D eigenvalue weighted by Gasteiger charge is 2.55. The van der Waals surface area contributed by atoms with Crippen LogP contribution < -0.4 is 0 Å². The van der Waals surface area contributed by atoms with Crippen molar-refractivity contribution in [2.75, 3.05) is 19.8 Å². The lowest BCUT2D eigenvalue weighted by molar-refractivity contribution is -0.385. The van der Waals surface area contributed by atoms with Crippen molar-refractivity contribution in [1.29, 1.82) is 0 Å². The summed E-state index contributed by atoms with van der Waals surface area (Å²) in [7, 11) is -5.27. The smallest absolute Gasteiger partial charge is 0.394 e. The lowest BCUT2D eigenvalue weighted by Gasteiger charge is -2.49. The van der Waals surface area contributed by atoms with Crippen molar-refractivity contribution in [1.82, 2.24) is 0 Å². The van der Waals surface area contributed by atoms with Crippen LogP contribution in [0, 0.1) is 0 Å². The molecule has 3 saturated heterocycles. The van der Waals surface area contributed by atoms with Crippen LogP contribution >= 0.6 is 7.82 Å². The summed E-state index contributed by atoms with van der Waals surface area (Å²) in [6.45, 7) is 1.61. The standard InChI is InChI=1S/C21H39O18P/c1-3-4-33-19-15(29)18(38-21-14(28)17(39-40(30,31)32)11(25)8(5-22)35-21)16(9(6-23)36-19)37-20-13(27)12(26)10(24)7(2)34-20/h7-29H,3-6H2,1-2H3,(H2,30,31,32)/t7-,8+,9+,10+,11-,12+,13-,14+,15+,16+,17-,18+,19+,20-,21-/m0/s1. The zero-order valence-corrected chi connectivity index (χ0v) is 22.6. The SMILES string of the molecule is CCCO[C@@H]1O[C@H](CO)[C@@H](O[C@@H]2O[C@@H](C)[C@@H](O)[C@@H](O)[C@@H]2O)[C@H](O[C@@H]2O[C@H](CO)[C@H](O)[C@H](OP(=O)(O)O)[C@H]2O)[C@H]1O. The van der Waals surface area contributed by atoms with E-state index >= 15 is 0 Å². The van der Waals surface area contributed by atoms with E-state index < -0.39 is 113 Å². The fraction of sp³-hybridized carbons (Fsp3) is 1.00. The molecule has 15 atom stereocenters. The predicted octanol–water partition coefficient (Wildman–Crippen LogP) is -4.99. The molecule has 0 amide bonds. The normalized spacial score (nSPS) is 46.9. The van der Waals surface area contributed by atoms with E-state index in [1.165, 1.54) is 6.92 Å². The molecular weight excluding hydrogens is 571 g/mol. The van der Waals surface area contributed by atoms with Gasteiger partial charge in [-0.05, 0) is 13.3 Å². The summed E-state index contributed by atoms with van der Waals surface area (Å²) in [5, 5.41) is 82.4. The number of hydrogen-bond acceptors (Lipinski definition) is 16. The highest BCUT2D eigenvalue weighted by atomic mass is 31.2. The van der Waals surface area contributed by atoms with Gasteiger partial charge >= 0.3 is 7.82 Å². The van der Waals surface area contributed by atoms with Crippen LogP contribution in [0.5, 0.6) is 0 Å². The molecule has 19 heteroatoms. The Labute approximate surface area is 228 Å². The number of aliphatic hydroxyl groups excluding tert-OH is 8. The van der Waals surface area contributed by atoms with Gasteiger partial charge in [0.25, 0.3) is 0 Å². The van der Waals surface area contributed by atoms with Crippen molar-refractivity contribution < 1.29 is 88.1 Å². The summed E-state index contributed by atoms with van der Waals surface area (Å²) in [5.41, 5.74) is 0. The molecule has 3 aliphatic heterocycles. The van der Waals surface area contributed by atoms with Crippen LogP contribution in [-0.2, 0) is 37.5 Å². The second kappa shape index (κ2) is 14.3. The molecule has 0 spiro atoms. The molecule has 10 N–H and O–H groups in total. The van der Waals surface area contributed by atoms with Crippen LogP contribution in [0.1, 0.15) is 20.3 Å². The second-order valence-electron chi connectivity index (χ2n) is 9.74. The van der Waals surface area contributed by atoms with Crippen LogP contribution in [-0.4, -0.2) is 163 Å². The van der Waals surface area contributed by atoms with Crippen LogP contribution in [0.2, 0.25) is 0 Å². The molecule has 3 aliphatic rings. The van der Waals surface area contributed by atoms with Crippen LogP contribution in [0.3, 0.4) is 0 Å². The minimum atomic E-state index is -5.27. The van der Waals surface area contributed by atoms with Crippen molar-refractivity contribution in [2.24, 2.45) is 0 Å². The summed E-state index contributed by atoms with van der Waals surface area (Å²) in [5.74, 6) is 0. The van der Waals surface area contributed by atoms with Gasteiger partial charge in [0.1, 0.15) is 67.1 Å². The van der Waals surface area contributed by atoms with Crippen molar-refractivity contribution >= 4 is 7.82 Å². The first-order chi connectivity index (χ1) is 18.7. The van der Waals surface area contributed by atoms with Crippen LogP contribution in [0.25, 0.3) is 0 Å². The summed E-state index contributed by atoms with van der Waals surface area (Å²) < 4.78 is 49.4. The van der Waals surface area contributed by atoms with Crippen molar-refractivity contribution in [3.8, 4) is 0 Å². The lowest BCUT2D eigenvalue weighted by Crippen LogP contribution is -2.67. The van der Waals surface area contributed by atoms with E-state index in [0.717, 1.165) is 0 Å². The fourth-order valence-corrected chi connectivity index (χ4v) is 5.18. The molecule has 40 heavy (non-hydrogen) atoms. The van der Waals surface area contributed by atoms with Gasteiger partial charge in [-0.15, -0.1) is 0 Å². The number of phosphoric ester groups is 1. The topological polar surface area (TPSA) is 284 Å². The zero-order chi connectivity index (χ0) is 29.9. The van der Waals surface area contributed by atoms with E-state index in [0.29, 0.717) is 6.42 Å². The Kier molecular flexibility index (Phi) is 12.2. The highest BCUT2D eigenvalue weighted by molar-refractivity contribution is 7.46. The summed E-state index contributed by atoms with van der Waals surface area (Å²) in [6.07, 6.45) is -24.4. The Morgan fingerprint density at radius 3 is 1.80 bits per heavy atom. The zero-order valence-electron chi connectivity index (χ0n) is 21.7. The molecule has 0 saturated carbocycles. The quantitative estimate of drug-likeness (QED) is 0.0980. The fourth-order valence-electron chi connectivity index (χ4n) is 4.62. The molecule has 3 rings (SSSR count). The molecule has 0 aliphatic carbocycles. The van der Waals surface area contributed by atoms with E-state index in [-0.39, 0.29) is 6.61 Å². The van der Waals surface area contributed by atoms with Crippen LogP contribution in [0.4, 0.5) is 0 Å². The van der Waals surface area contributed by atoms with Gasteiger partial charge in [-0.1, -0.05) is 6.92 Å². The lowest BCUT2D eigenvalue weighted by atomic mass is 9.96. The maximum absolute atomic E-state index is 11.4. The number of hydrogen-bond donors (Lipinski definition) is 10. The summed E-state index contributed by atoms with van der Waals surface area (Å²) >= 11 is 0. The number of ether oxygens (including phenoxy) is 6. The maximum Gasteiger partial charge on any atom is 0.470 e. The monoisotopic (exact) mass is 610 g/mol. The minimum absolute atomic E-state index is 0.101. The molecule has 18 nitrogen and oxygen atoms in total. The van der Waals surface area contributed by atoms with Crippen molar-refractivity contribution in [3.05, 3.63) is 0 Å². The third kappa shape index (κ3) is 7.73. The predicted molar refractivity (Wildman–Crippen MR) is 125 cm³/mol. The van der Waals surface area contributed by atoms with Gasteiger partial charge in [-0.2, -0.15) is 0 Å². The largest absolute Gasteiger partial charge is 0.470 e. The Balaban J connectivity index is 1.92. The highest BCUT2D eigenvalue weighted by Crippen LogP contribution is 2.42. The Morgan fingerprint density at radius 2 is 1.23 bits per heavy atom.